The Kier molecular flexibility index (Phi) is 5.85. The highest BCUT2D eigenvalue weighted by Gasteiger charge is 2.37. The summed E-state index contributed by atoms with van der Waals surface area (Å²) in [5, 5.41) is 6.58. The van der Waals surface area contributed by atoms with E-state index in [-0.39, 0.29) is 5.41 Å². The molecule has 2 aliphatic heterocycles. The Morgan fingerprint density at radius 1 is 1.30 bits per heavy atom. The van der Waals surface area contributed by atoms with Gasteiger partial charge in [0.05, 0.1) is 5.41 Å². The van der Waals surface area contributed by atoms with Crippen LogP contribution in [0.2, 0.25) is 0 Å². The van der Waals surface area contributed by atoms with Gasteiger partial charge in [-0.1, -0.05) is 6.92 Å². The average molecular weight is 281 g/mol. The highest BCUT2D eigenvalue weighted by molar-refractivity contribution is 5.82. The molecule has 0 unspecified atom stereocenters. The lowest BCUT2D eigenvalue weighted by Gasteiger charge is -2.35. The third-order valence-corrected chi connectivity index (χ3v) is 5.40. The van der Waals surface area contributed by atoms with Crippen LogP contribution in [0.1, 0.15) is 45.4 Å². The van der Waals surface area contributed by atoms with Crippen LogP contribution in [0.4, 0.5) is 0 Å². The predicted molar refractivity (Wildman–Crippen MR) is 82.7 cm³/mol. The second kappa shape index (κ2) is 7.41. The summed E-state index contributed by atoms with van der Waals surface area (Å²) in [6.45, 7) is 7.41. The molecule has 2 N–H and O–H groups in total. The van der Waals surface area contributed by atoms with Crippen LogP contribution in [-0.2, 0) is 4.79 Å². The summed E-state index contributed by atoms with van der Waals surface area (Å²) >= 11 is 0. The quantitative estimate of drug-likeness (QED) is 0.805. The Bertz CT molecular complexity index is 305. The molecule has 0 aliphatic carbocycles. The molecule has 1 amide bonds. The number of carbonyl (C=O) groups excluding carboxylic acids is 1. The minimum absolute atomic E-state index is 0.0992. The molecule has 4 heteroatoms. The SMILES string of the molecule is CCC1(C(=O)NCCC2CCN(C)CC2)CCNCC1. The van der Waals surface area contributed by atoms with E-state index in [0.717, 1.165) is 51.2 Å². The van der Waals surface area contributed by atoms with Crippen molar-refractivity contribution >= 4 is 5.91 Å². The summed E-state index contributed by atoms with van der Waals surface area (Å²) < 4.78 is 0. The minimum Gasteiger partial charge on any atom is -0.356 e. The zero-order valence-corrected chi connectivity index (χ0v) is 13.2. The number of nitrogens with one attached hydrogen (secondary N) is 2. The first kappa shape index (κ1) is 15.8. The summed E-state index contributed by atoms with van der Waals surface area (Å²) in [4.78, 5) is 14.9. The molecule has 0 aromatic carbocycles. The molecule has 116 valence electrons. The molecule has 0 aromatic heterocycles. The van der Waals surface area contributed by atoms with Gasteiger partial charge in [0.1, 0.15) is 0 Å². The maximum atomic E-state index is 12.5. The van der Waals surface area contributed by atoms with Crippen molar-refractivity contribution in [3.8, 4) is 0 Å². The van der Waals surface area contributed by atoms with Gasteiger partial charge >= 0.3 is 0 Å². The molecule has 0 atom stereocenters. The summed E-state index contributed by atoms with van der Waals surface area (Å²) in [6, 6.07) is 0. The maximum absolute atomic E-state index is 12.5. The van der Waals surface area contributed by atoms with E-state index < -0.39 is 0 Å². The zero-order chi connectivity index (χ0) is 14.4. The van der Waals surface area contributed by atoms with E-state index in [1.165, 1.54) is 25.9 Å². The highest BCUT2D eigenvalue weighted by Crippen LogP contribution is 2.32. The Morgan fingerprint density at radius 2 is 1.95 bits per heavy atom. The van der Waals surface area contributed by atoms with E-state index in [2.05, 4.69) is 29.5 Å². The molecule has 2 heterocycles. The summed E-state index contributed by atoms with van der Waals surface area (Å²) in [5.74, 6) is 1.10. The second-order valence-corrected chi connectivity index (χ2v) is 6.68. The molecule has 0 radical (unpaired) electrons. The van der Waals surface area contributed by atoms with Gasteiger partial charge in [0.15, 0.2) is 0 Å². The third-order valence-electron chi connectivity index (χ3n) is 5.40. The molecule has 0 saturated carbocycles. The molecule has 20 heavy (non-hydrogen) atoms. The Labute approximate surface area is 123 Å². The van der Waals surface area contributed by atoms with Crippen molar-refractivity contribution in [2.24, 2.45) is 11.3 Å². The van der Waals surface area contributed by atoms with Crippen molar-refractivity contribution in [3.05, 3.63) is 0 Å². The maximum Gasteiger partial charge on any atom is 0.226 e. The molecular formula is C16H31N3O. The minimum atomic E-state index is -0.0992. The fraction of sp³-hybridized carbons (Fsp3) is 0.938. The largest absolute Gasteiger partial charge is 0.356 e. The summed E-state index contributed by atoms with van der Waals surface area (Å²) in [6.07, 6.45) is 6.67. The number of rotatable bonds is 5. The standard InChI is InChI=1S/C16H31N3O/c1-3-16(7-10-17-11-8-16)15(20)18-9-4-14-5-12-19(2)13-6-14/h14,17H,3-13H2,1-2H3,(H,18,20). The van der Waals surface area contributed by atoms with Crippen LogP contribution < -0.4 is 10.6 Å². The van der Waals surface area contributed by atoms with Crippen molar-refractivity contribution in [1.29, 1.82) is 0 Å². The molecule has 0 bridgehead atoms. The summed E-state index contributed by atoms with van der Waals surface area (Å²) in [7, 11) is 2.19. The molecule has 0 aromatic rings. The number of nitrogens with zero attached hydrogens (tertiary/aromatic N) is 1. The van der Waals surface area contributed by atoms with E-state index >= 15 is 0 Å². The van der Waals surface area contributed by atoms with Crippen LogP contribution in [0.25, 0.3) is 0 Å². The molecule has 2 rings (SSSR count). The fourth-order valence-electron chi connectivity index (χ4n) is 3.57. The van der Waals surface area contributed by atoms with Gasteiger partial charge < -0.3 is 15.5 Å². The number of likely N-dealkylation sites (tertiary alicyclic amines) is 1. The van der Waals surface area contributed by atoms with Crippen molar-refractivity contribution in [3.63, 3.8) is 0 Å². The van der Waals surface area contributed by atoms with Gasteiger partial charge in [-0.15, -0.1) is 0 Å². The Hall–Kier alpha value is -0.610. The first-order chi connectivity index (χ1) is 9.66. The van der Waals surface area contributed by atoms with E-state index in [1.807, 2.05) is 0 Å². The number of amides is 1. The fourth-order valence-corrected chi connectivity index (χ4v) is 3.57. The van der Waals surface area contributed by atoms with Gasteiger partial charge in [-0.3, -0.25) is 4.79 Å². The van der Waals surface area contributed by atoms with Gasteiger partial charge in [0.25, 0.3) is 0 Å². The number of hydrogen-bond donors (Lipinski definition) is 2. The number of hydrogen-bond acceptors (Lipinski definition) is 3. The van der Waals surface area contributed by atoms with E-state index in [9.17, 15) is 4.79 Å². The molecule has 0 spiro atoms. The lowest BCUT2D eigenvalue weighted by Crippen LogP contribution is -2.47. The van der Waals surface area contributed by atoms with Gasteiger partial charge in [0, 0.05) is 6.54 Å². The molecule has 2 fully saturated rings. The zero-order valence-electron chi connectivity index (χ0n) is 13.2. The van der Waals surface area contributed by atoms with E-state index in [4.69, 9.17) is 0 Å². The van der Waals surface area contributed by atoms with Crippen LogP contribution >= 0.6 is 0 Å². The van der Waals surface area contributed by atoms with Gasteiger partial charge in [-0.05, 0) is 77.7 Å². The van der Waals surface area contributed by atoms with Crippen LogP contribution in [0.5, 0.6) is 0 Å². The molecule has 4 nitrogen and oxygen atoms in total. The second-order valence-electron chi connectivity index (χ2n) is 6.68. The first-order valence-corrected chi connectivity index (χ1v) is 8.34. The Morgan fingerprint density at radius 3 is 2.55 bits per heavy atom. The van der Waals surface area contributed by atoms with Crippen LogP contribution in [0.15, 0.2) is 0 Å². The van der Waals surface area contributed by atoms with Gasteiger partial charge in [-0.2, -0.15) is 0 Å². The average Bonchev–Trinajstić information content (AvgIpc) is 2.50. The molecule has 2 saturated heterocycles. The topological polar surface area (TPSA) is 44.4 Å². The summed E-state index contributed by atoms with van der Waals surface area (Å²) in [5.41, 5.74) is -0.0992. The van der Waals surface area contributed by atoms with Gasteiger partial charge in [-0.25, -0.2) is 0 Å². The van der Waals surface area contributed by atoms with Gasteiger partial charge in [0.2, 0.25) is 5.91 Å². The van der Waals surface area contributed by atoms with Crippen LogP contribution in [-0.4, -0.2) is 50.6 Å². The van der Waals surface area contributed by atoms with Crippen molar-refractivity contribution in [2.45, 2.75) is 45.4 Å². The van der Waals surface area contributed by atoms with E-state index in [1.54, 1.807) is 0 Å². The van der Waals surface area contributed by atoms with Crippen molar-refractivity contribution in [2.75, 3.05) is 39.8 Å². The normalized spacial score (nSPS) is 24.5. The van der Waals surface area contributed by atoms with Crippen LogP contribution in [0.3, 0.4) is 0 Å². The van der Waals surface area contributed by atoms with Crippen LogP contribution in [0, 0.1) is 11.3 Å². The monoisotopic (exact) mass is 281 g/mol. The third kappa shape index (κ3) is 3.95. The smallest absolute Gasteiger partial charge is 0.226 e. The highest BCUT2D eigenvalue weighted by atomic mass is 16.2. The lowest BCUT2D eigenvalue weighted by molar-refractivity contribution is -0.132. The van der Waals surface area contributed by atoms with Crippen molar-refractivity contribution in [1.82, 2.24) is 15.5 Å². The molecular weight excluding hydrogens is 250 g/mol. The van der Waals surface area contributed by atoms with E-state index in [0.29, 0.717) is 5.91 Å². The first-order valence-electron chi connectivity index (χ1n) is 8.34. The molecule has 2 aliphatic rings. The van der Waals surface area contributed by atoms with Crippen molar-refractivity contribution < 1.29 is 4.79 Å². The number of carbonyl (C=O) groups is 1. The lowest BCUT2D eigenvalue weighted by atomic mass is 9.76. The Balaban J connectivity index is 1.71. The predicted octanol–water partition coefficient (Wildman–Crippen LogP) is 1.61. The number of piperidine rings is 2.